The van der Waals surface area contributed by atoms with Gasteiger partial charge in [-0.3, -0.25) is 0 Å². The van der Waals surface area contributed by atoms with Crippen molar-refractivity contribution < 1.29 is 21.6 Å². The summed E-state index contributed by atoms with van der Waals surface area (Å²) in [6.07, 6.45) is -4.94. The minimum Gasteiger partial charge on any atom is -0.211 e. The molecule has 2 nitrogen and oxygen atoms in total. The summed E-state index contributed by atoms with van der Waals surface area (Å²) in [5.74, 6) is 0. The highest BCUT2D eigenvalue weighted by Crippen LogP contribution is 2.41. The van der Waals surface area contributed by atoms with Crippen molar-refractivity contribution in [1.29, 1.82) is 0 Å². The third-order valence-corrected chi connectivity index (χ3v) is 3.86. The zero-order valence-corrected chi connectivity index (χ0v) is 10.7. The Morgan fingerprint density at radius 3 is 2.25 bits per heavy atom. The van der Waals surface area contributed by atoms with Gasteiger partial charge in [-0.2, -0.15) is 13.2 Å². The van der Waals surface area contributed by atoms with Gasteiger partial charge < -0.3 is 0 Å². The Morgan fingerprint density at radius 2 is 1.88 bits per heavy atom. The van der Waals surface area contributed by atoms with E-state index in [2.05, 4.69) is 15.9 Å². The predicted molar refractivity (Wildman–Crippen MR) is 57.7 cm³/mol. The molecule has 1 unspecified atom stereocenters. The van der Waals surface area contributed by atoms with E-state index in [1.54, 1.807) is 0 Å². The van der Waals surface area contributed by atoms with Gasteiger partial charge >= 0.3 is 6.18 Å². The molecule has 1 aromatic carbocycles. The molecule has 1 aromatic rings. The first-order valence-electron chi connectivity index (χ1n) is 3.88. The van der Waals surface area contributed by atoms with E-state index in [-0.39, 0.29) is 0 Å². The fraction of sp³-hybridized carbons (Fsp3) is 0.250. The van der Waals surface area contributed by atoms with Crippen LogP contribution in [-0.2, 0) is 9.05 Å². The summed E-state index contributed by atoms with van der Waals surface area (Å²) < 4.78 is 59.9. The zero-order valence-electron chi connectivity index (χ0n) is 7.50. The average molecular weight is 338 g/mol. The molecule has 8 heteroatoms. The number of hydrogen-bond donors (Lipinski definition) is 0. The summed E-state index contributed by atoms with van der Waals surface area (Å²) in [6.45, 7) is 0. The lowest BCUT2D eigenvalue weighted by Crippen LogP contribution is -2.25. The number of rotatable bonds is 2. The van der Waals surface area contributed by atoms with Crippen LogP contribution in [0.25, 0.3) is 0 Å². The molecular formula is C8H5BrClF3O2S. The first kappa shape index (κ1) is 13.8. The minimum atomic E-state index is -4.94. The van der Waals surface area contributed by atoms with Crippen molar-refractivity contribution in [3.05, 3.63) is 34.3 Å². The molecule has 0 aliphatic carbocycles. The van der Waals surface area contributed by atoms with Crippen molar-refractivity contribution in [3.8, 4) is 0 Å². The maximum atomic E-state index is 12.6. The molecule has 0 aliphatic heterocycles. The molecule has 0 spiro atoms. The summed E-state index contributed by atoms with van der Waals surface area (Å²) in [6, 6.07) is 4.92. The van der Waals surface area contributed by atoms with Crippen LogP contribution in [0.3, 0.4) is 0 Å². The monoisotopic (exact) mass is 336 g/mol. The van der Waals surface area contributed by atoms with Gasteiger partial charge in [0.2, 0.25) is 9.05 Å². The fourth-order valence-corrected chi connectivity index (χ4v) is 3.00. The summed E-state index contributed by atoms with van der Waals surface area (Å²) in [7, 11) is 0.0416. The second-order valence-electron chi connectivity index (χ2n) is 2.95. The van der Waals surface area contributed by atoms with E-state index in [4.69, 9.17) is 10.7 Å². The number of alkyl halides is 3. The largest absolute Gasteiger partial charge is 0.410 e. The number of halogens is 5. The van der Waals surface area contributed by atoms with Crippen LogP contribution < -0.4 is 0 Å². The van der Waals surface area contributed by atoms with Crippen LogP contribution >= 0.6 is 26.6 Å². The summed E-state index contributed by atoms with van der Waals surface area (Å²) in [5, 5.41) is -2.71. The highest BCUT2D eigenvalue weighted by atomic mass is 79.9. The van der Waals surface area contributed by atoms with E-state index in [0.29, 0.717) is 4.47 Å². The van der Waals surface area contributed by atoms with Crippen molar-refractivity contribution in [3.63, 3.8) is 0 Å². The van der Waals surface area contributed by atoms with Gasteiger partial charge in [0.1, 0.15) is 0 Å². The van der Waals surface area contributed by atoms with Crippen LogP contribution in [0.2, 0.25) is 0 Å². The van der Waals surface area contributed by atoms with Crippen molar-refractivity contribution in [2.24, 2.45) is 0 Å². The van der Waals surface area contributed by atoms with Gasteiger partial charge in [-0.15, -0.1) is 0 Å². The molecule has 16 heavy (non-hydrogen) atoms. The van der Waals surface area contributed by atoms with Crippen LogP contribution in [0.4, 0.5) is 13.2 Å². The van der Waals surface area contributed by atoms with E-state index in [9.17, 15) is 21.6 Å². The van der Waals surface area contributed by atoms with Crippen LogP contribution in [0.5, 0.6) is 0 Å². The Kier molecular flexibility index (Phi) is 3.91. The molecule has 90 valence electrons. The van der Waals surface area contributed by atoms with Gasteiger partial charge in [0, 0.05) is 15.2 Å². The normalized spacial score (nSPS) is 14.8. The lowest BCUT2D eigenvalue weighted by Gasteiger charge is -2.17. The first-order chi connectivity index (χ1) is 7.12. The molecular weight excluding hydrogens is 333 g/mol. The predicted octanol–water partition coefficient (Wildman–Crippen LogP) is 3.62. The highest BCUT2D eigenvalue weighted by Gasteiger charge is 2.49. The van der Waals surface area contributed by atoms with Gasteiger partial charge in [-0.25, -0.2) is 8.42 Å². The third kappa shape index (κ3) is 3.36. The zero-order chi connectivity index (χ0) is 12.6. The van der Waals surface area contributed by atoms with E-state index in [1.807, 2.05) is 0 Å². The second kappa shape index (κ2) is 4.54. The van der Waals surface area contributed by atoms with E-state index < -0.39 is 26.0 Å². The van der Waals surface area contributed by atoms with E-state index in [1.165, 1.54) is 12.1 Å². The Balaban J connectivity index is 3.34. The fourth-order valence-electron chi connectivity index (χ4n) is 1.18. The molecule has 1 rings (SSSR count). The maximum Gasteiger partial charge on any atom is 0.410 e. The number of hydrogen-bond acceptors (Lipinski definition) is 2. The van der Waals surface area contributed by atoms with Gasteiger partial charge in [0.25, 0.3) is 0 Å². The quantitative estimate of drug-likeness (QED) is 0.773. The maximum absolute atomic E-state index is 12.6. The van der Waals surface area contributed by atoms with Gasteiger partial charge in [0.05, 0.1) is 0 Å². The van der Waals surface area contributed by atoms with E-state index in [0.717, 1.165) is 12.1 Å². The van der Waals surface area contributed by atoms with Crippen molar-refractivity contribution >= 4 is 35.7 Å². The Morgan fingerprint density at radius 1 is 1.31 bits per heavy atom. The Hall–Kier alpha value is -0.270. The molecule has 0 amide bonds. The van der Waals surface area contributed by atoms with Crippen LogP contribution in [-0.4, -0.2) is 14.6 Å². The lowest BCUT2D eigenvalue weighted by molar-refractivity contribution is -0.131. The summed E-state index contributed by atoms with van der Waals surface area (Å²) in [5.41, 5.74) is -0.420. The van der Waals surface area contributed by atoms with Gasteiger partial charge in [-0.05, 0) is 17.7 Å². The van der Waals surface area contributed by atoms with Crippen LogP contribution in [0, 0.1) is 0 Å². The molecule has 0 fully saturated rings. The lowest BCUT2D eigenvalue weighted by atomic mass is 10.1. The molecule has 0 heterocycles. The smallest absolute Gasteiger partial charge is 0.211 e. The highest BCUT2D eigenvalue weighted by molar-refractivity contribution is 9.10. The van der Waals surface area contributed by atoms with Crippen molar-refractivity contribution in [2.45, 2.75) is 11.4 Å². The molecule has 0 bridgehead atoms. The molecule has 0 saturated heterocycles. The minimum absolute atomic E-state index is 0.347. The van der Waals surface area contributed by atoms with Crippen LogP contribution in [0.15, 0.2) is 28.7 Å². The topological polar surface area (TPSA) is 34.1 Å². The average Bonchev–Trinajstić information content (AvgIpc) is 1.97. The Bertz CT molecular complexity index is 486. The molecule has 0 saturated carbocycles. The van der Waals surface area contributed by atoms with Crippen LogP contribution in [0.1, 0.15) is 10.8 Å². The standard InChI is InChI=1S/C8H5BrClF3O2S/c9-6-3-1-2-5(4-6)7(8(11,12)13)16(10,14)15/h1-4,7H. The second-order valence-corrected chi connectivity index (χ2v) is 6.58. The molecule has 0 N–H and O–H groups in total. The molecule has 0 aromatic heterocycles. The van der Waals surface area contributed by atoms with Crippen molar-refractivity contribution in [1.82, 2.24) is 0 Å². The summed E-state index contributed by atoms with van der Waals surface area (Å²) in [4.78, 5) is 0. The van der Waals surface area contributed by atoms with Gasteiger partial charge in [0.15, 0.2) is 5.25 Å². The third-order valence-electron chi connectivity index (χ3n) is 1.73. The summed E-state index contributed by atoms with van der Waals surface area (Å²) >= 11 is 2.96. The van der Waals surface area contributed by atoms with E-state index >= 15 is 0 Å². The molecule has 0 radical (unpaired) electrons. The van der Waals surface area contributed by atoms with Crippen molar-refractivity contribution in [2.75, 3.05) is 0 Å². The molecule has 0 aliphatic rings. The molecule has 1 atom stereocenters. The number of benzene rings is 1. The van der Waals surface area contributed by atoms with Gasteiger partial charge in [-0.1, -0.05) is 28.1 Å². The SMILES string of the molecule is O=S(=O)(Cl)C(c1cccc(Br)c1)C(F)(F)F. The Labute approximate surface area is 103 Å². The first-order valence-corrected chi connectivity index (χ1v) is 7.04.